The first-order valence-corrected chi connectivity index (χ1v) is 4.92. The van der Waals surface area contributed by atoms with E-state index in [0.29, 0.717) is 0 Å². The van der Waals surface area contributed by atoms with Gasteiger partial charge in [-0.25, -0.2) is 0 Å². The summed E-state index contributed by atoms with van der Waals surface area (Å²) in [5.74, 6) is 0. The summed E-state index contributed by atoms with van der Waals surface area (Å²) >= 11 is 0. The van der Waals surface area contributed by atoms with Gasteiger partial charge in [0.25, 0.3) is 5.56 Å². The summed E-state index contributed by atoms with van der Waals surface area (Å²) in [6, 6.07) is 3.94. The van der Waals surface area contributed by atoms with Gasteiger partial charge < -0.3 is 5.10 Å². The molecule has 0 amide bonds. The Morgan fingerprint density at radius 1 is 1.20 bits per heavy atom. The van der Waals surface area contributed by atoms with Crippen LogP contribution in [-0.4, -0.2) is 15.2 Å². The lowest BCUT2D eigenvalue weighted by molar-refractivity contribution is 0.937. The first-order valence-electron chi connectivity index (χ1n) is 4.92. The number of hydrogen-bond donors (Lipinski definition) is 2. The van der Waals surface area contributed by atoms with Crippen LogP contribution in [0.3, 0.4) is 0 Å². The van der Waals surface area contributed by atoms with Gasteiger partial charge in [0, 0.05) is 23.7 Å². The summed E-state index contributed by atoms with van der Waals surface area (Å²) in [4.78, 5) is 15.3. The Balaban J connectivity index is 2.09. The van der Waals surface area contributed by atoms with E-state index in [1.165, 1.54) is 5.56 Å². The van der Waals surface area contributed by atoms with E-state index < -0.39 is 0 Å². The number of nitrogens with zero attached hydrogens (tertiary/aromatic N) is 1. The Bertz CT molecular complexity index is 484. The third-order valence-corrected chi connectivity index (χ3v) is 2.50. The maximum Gasteiger partial charge on any atom is 0.267 e. The minimum absolute atomic E-state index is 0.0124. The third kappa shape index (κ3) is 2.15. The summed E-state index contributed by atoms with van der Waals surface area (Å²) in [5, 5.41) is 5.40. The molecule has 0 radical (unpaired) electrons. The first-order chi connectivity index (χ1) is 7.27. The van der Waals surface area contributed by atoms with Gasteiger partial charge >= 0.3 is 0 Å². The SMILES string of the molecule is Cc1[nH][nH]c(=O)c1CCc1ccncc1. The van der Waals surface area contributed by atoms with Gasteiger partial charge in [0.2, 0.25) is 0 Å². The highest BCUT2D eigenvalue weighted by molar-refractivity contribution is 5.18. The second-order valence-electron chi connectivity index (χ2n) is 3.54. The normalized spacial score (nSPS) is 10.5. The summed E-state index contributed by atoms with van der Waals surface area (Å²) in [7, 11) is 0. The Morgan fingerprint density at radius 2 is 1.93 bits per heavy atom. The van der Waals surface area contributed by atoms with E-state index >= 15 is 0 Å². The van der Waals surface area contributed by atoms with E-state index in [2.05, 4.69) is 15.2 Å². The van der Waals surface area contributed by atoms with Crippen molar-refractivity contribution in [1.29, 1.82) is 0 Å². The molecule has 0 aliphatic heterocycles. The van der Waals surface area contributed by atoms with Gasteiger partial charge in [-0.15, -0.1) is 0 Å². The van der Waals surface area contributed by atoms with E-state index in [9.17, 15) is 4.79 Å². The average Bonchev–Trinajstić information content (AvgIpc) is 2.58. The predicted molar refractivity (Wildman–Crippen MR) is 57.8 cm³/mol. The van der Waals surface area contributed by atoms with Gasteiger partial charge in [0.15, 0.2) is 0 Å². The van der Waals surface area contributed by atoms with E-state index in [1.54, 1.807) is 12.4 Å². The topological polar surface area (TPSA) is 61.5 Å². The standard InChI is InChI=1S/C11H13N3O/c1-8-10(11(15)14-13-8)3-2-9-4-6-12-7-5-9/h4-7H,2-3H2,1H3,(H2,13,14,15). The fourth-order valence-electron chi connectivity index (χ4n) is 1.59. The predicted octanol–water partition coefficient (Wildman–Crippen LogP) is 1.19. The minimum Gasteiger partial charge on any atom is -0.302 e. The van der Waals surface area contributed by atoms with Crippen LogP contribution < -0.4 is 5.56 Å². The molecule has 4 heteroatoms. The van der Waals surface area contributed by atoms with E-state index in [-0.39, 0.29) is 5.56 Å². The molecule has 15 heavy (non-hydrogen) atoms. The summed E-state index contributed by atoms with van der Waals surface area (Å²) in [6.07, 6.45) is 5.16. The van der Waals surface area contributed by atoms with Crippen molar-refractivity contribution in [1.82, 2.24) is 15.2 Å². The number of nitrogens with one attached hydrogen (secondary N) is 2. The first kappa shape index (κ1) is 9.71. The maximum atomic E-state index is 11.4. The van der Waals surface area contributed by atoms with Crippen LogP contribution in [0, 0.1) is 6.92 Å². The molecule has 78 valence electrons. The second-order valence-corrected chi connectivity index (χ2v) is 3.54. The molecule has 0 saturated heterocycles. The van der Waals surface area contributed by atoms with Gasteiger partial charge in [-0.05, 0) is 37.5 Å². The maximum absolute atomic E-state index is 11.4. The molecule has 0 bridgehead atoms. The van der Waals surface area contributed by atoms with Crippen molar-refractivity contribution < 1.29 is 0 Å². The highest BCUT2D eigenvalue weighted by Gasteiger charge is 2.05. The van der Waals surface area contributed by atoms with Crippen molar-refractivity contribution in [3.8, 4) is 0 Å². The molecule has 0 fully saturated rings. The zero-order chi connectivity index (χ0) is 10.7. The zero-order valence-corrected chi connectivity index (χ0v) is 8.58. The molecule has 0 saturated carbocycles. The van der Waals surface area contributed by atoms with Gasteiger partial charge in [-0.2, -0.15) is 0 Å². The number of hydrogen-bond acceptors (Lipinski definition) is 2. The lowest BCUT2D eigenvalue weighted by atomic mass is 10.1. The molecule has 2 N–H and O–H groups in total. The molecule has 0 unspecified atom stereocenters. The smallest absolute Gasteiger partial charge is 0.267 e. The molecule has 0 spiro atoms. The molecule has 0 aromatic carbocycles. The van der Waals surface area contributed by atoms with Crippen molar-refractivity contribution in [3.63, 3.8) is 0 Å². The van der Waals surface area contributed by atoms with Crippen LogP contribution in [0.1, 0.15) is 16.8 Å². The highest BCUT2D eigenvalue weighted by atomic mass is 16.1. The van der Waals surface area contributed by atoms with Crippen molar-refractivity contribution in [3.05, 3.63) is 51.7 Å². The van der Waals surface area contributed by atoms with Crippen molar-refractivity contribution >= 4 is 0 Å². The van der Waals surface area contributed by atoms with Crippen LogP contribution in [0.2, 0.25) is 0 Å². The summed E-state index contributed by atoms with van der Waals surface area (Å²) in [5.41, 5.74) is 2.95. The van der Waals surface area contributed by atoms with Gasteiger partial charge in [0.1, 0.15) is 0 Å². The van der Waals surface area contributed by atoms with Gasteiger partial charge in [-0.1, -0.05) is 0 Å². The van der Waals surface area contributed by atoms with Gasteiger partial charge in [0.05, 0.1) is 0 Å². The van der Waals surface area contributed by atoms with E-state index in [4.69, 9.17) is 0 Å². The van der Waals surface area contributed by atoms with Crippen LogP contribution >= 0.6 is 0 Å². The fourth-order valence-corrected chi connectivity index (χ4v) is 1.59. The molecule has 2 rings (SSSR count). The molecule has 0 aliphatic carbocycles. The Labute approximate surface area is 87.4 Å². The highest BCUT2D eigenvalue weighted by Crippen LogP contribution is 2.04. The third-order valence-electron chi connectivity index (χ3n) is 2.50. The molecule has 0 atom stereocenters. The van der Waals surface area contributed by atoms with Crippen LogP contribution in [-0.2, 0) is 12.8 Å². The van der Waals surface area contributed by atoms with Crippen molar-refractivity contribution in [2.24, 2.45) is 0 Å². The Morgan fingerprint density at radius 3 is 2.53 bits per heavy atom. The molecular formula is C11H13N3O. The lowest BCUT2D eigenvalue weighted by Gasteiger charge is -1.98. The van der Waals surface area contributed by atoms with Crippen LogP contribution in [0.5, 0.6) is 0 Å². The monoisotopic (exact) mass is 203 g/mol. The zero-order valence-electron chi connectivity index (χ0n) is 8.58. The molecular weight excluding hydrogens is 190 g/mol. The fraction of sp³-hybridized carbons (Fsp3) is 0.273. The second kappa shape index (κ2) is 4.13. The Hall–Kier alpha value is -1.84. The van der Waals surface area contributed by atoms with E-state index in [0.717, 1.165) is 24.1 Å². The molecule has 2 heterocycles. The minimum atomic E-state index is -0.0124. The lowest BCUT2D eigenvalue weighted by Crippen LogP contribution is -2.07. The number of rotatable bonds is 3. The number of pyridine rings is 1. The number of aromatic nitrogens is 3. The average molecular weight is 203 g/mol. The van der Waals surface area contributed by atoms with Crippen molar-refractivity contribution in [2.45, 2.75) is 19.8 Å². The molecule has 4 nitrogen and oxygen atoms in total. The largest absolute Gasteiger partial charge is 0.302 e. The van der Waals surface area contributed by atoms with E-state index in [1.807, 2.05) is 19.1 Å². The summed E-state index contributed by atoms with van der Waals surface area (Å²) < 4.78 is 0. The summed E-state index contributed by atoms with van der Waals surface area (Å²) in [6.45, 7) is 1.90. The van der Waals surface area contributed by atoms with Crippen LogP contribution in [0.15, 0.2) is 29.3 Å². The number of aromatic amines is 2. The Kier molecular flexibility index (Phi) is 2.67. The quantitative estimate of drug-likeness (QED) is 0.787. The van der Waals surface area contributed by atoms with Crippen molar-refractivity contribution in [2.75, 3.05) is 0 Å². The molecule has 2 aromatic heterocycles. The number of H-pyrrole nitrogens is 2. The van der Waals surface area contributed by atoms with Crippen LogP contribution in [0.4, 0.5) is 0 Å². The number of aryl methyl sites for hydroxylation is 2. The molecule has 0 aliphatic rings. The van der Waals surface area contributed by atoms with Crippen LogP contribution in [0.25, 0.3) is 0 Å². The van der Waals surface area contributed by atoms with Gasteiger partial charge in [-0.3, -0.25) is 14.9 Å². The molecule has 2 aromatic rings.